The second-order valence-electron chi connectivity index (χ2n) is 7.62. The lowest BCUT2D eigenvalue weighted by atomic mass is 9.88. The summed E-state index contributed by atoms with van der Waals surface area (Å²) in [6, 6.07) is 19.6. The van der Waals surface area contributed by atoms with Gasteiger partial charge in [0.25, 0.3) is 0 Å². The zero-order valence-corrected chi connectivity index (χ0v) is 14.9. The minimum Gasteiger partial charge on any atom is -0.458 e. The average Bonchev–Trinajstić information content (AvgIpc) is 3.33. The average molecular weight is 363 g/mol. The quantitative estimate of drug-likeness (QED) is 0.763. The second-order valence-corrected chi connectivity index (χ2v) is 7.62. The third kappa shape index (κ3) is 2.78. The molecule has 1 aliphatic heterocycles. The zero-order chi connectivity index (χ0) is 18.4. The maximum Gasteiger partial charge on any atom is 0.326 e. The van der Waals surface area contributed by atoms with Crippen LogP contribution in [0.3, 0.4) is 0 Å². The van der Waals surface area contributed by atoms with Gasteiger partial charge in [-0.05, 0) is 37.1 Å². The molecule has 138 valence electrons. The molecule has 3 aliphatic rings. The highest BCUT2D eigenvalue weighted by atomic mass is 16.6. The Morgan fingerprint density at radius 1 is 1.00 bits per heavy atom. The SMILES string of the molecule is O=C(CN(c1ccccc1)c1ccccc1)OC1C2CC3C(=O)OC1C3C2. The van der Waals surface area contributed by atoms with Crippen LogP contribution in [0.15, 0.2) is 60.7 Å². The van der Waals surface area contributed by atoms with Crippen molar-refractivity contribution in [2.75, 3.05) is 11.4 Å². The van der Waals surface area contributed by atoms with Crippen molar-refractivity contribution in [2.45, 2.75) is 25.0 Å². The molecule has 5 atom stereocenters. The number of hydrogen-bond donors (Lipinski definition) is 0. The molecule has 5 heteroatoms. The molecule has 2 bridgehead atoms. The number of fused-ring (bicyclic) bond motifs is 1. The summed E-state index contributed by atoms with van der Waals surface area (Å²) in [5.41, 5.74) is 1.86. The van der Waals surface area contributed by atoms with Crippen molar-refractivity contribution >= 4 is 23.3 Å². The fraction of sp³-hybridized carbons (Fsp3) is 0.364. The first-order valence-corrected chi connectivity index (χ1v) is 9.48. The van der Waals surface area contributed by atoms with E-state index in [9.17, 15) is 9.59 Å². The molecule has 2 aliphatic carbocycles. The number of nitrogens with zero attached hydrogens (tertiary/aromatic N) is 1. The summed E-state index contributed by atoms with van der Waals surface area (Å²) >= 11 is 0. The lowest BCUT2D eigenvalue weighted by Gasteiger charge is -2.28. The van der Waals surface area contributed by atoms with E-state index in [1.54, 1.807) is 0 Å². The molecule has 5 nitrogen and oxygen atoms in total. The molecule has 5 unspecified atom stereocenters. The summed E-state index contributed by atoms with van der Waals surface area (Å²) in [6.07, 6.45) is 1.18. The molecule has 0 radical (unpaired) electrons. The highest BCUT2D eigenvalue weighted by molar-refractivity contribution is 5.81. The summed E-state index contributed by atoms with van der Waals surface area (Å²) in [5, 5.41) is 0. The van der Waals surface area contributed by atoms with Crippen molar-refractivity contribution in [2.24, 2.45) is 17.8 Å². The first-order valence-electron chi connectivity index (χ1n) is 9.48. The fourth-order valence-electron chi connectivity index (χ4n) is 4.93. The third-order valence-corrected chi connectivity index (χ3v) is 6.10. The Morgan fingerprint density at radius 3 is 2.26 bits per heavy atom. The Hall–Kier alpha value is -2.82. The molecule has 2 aromatic rings. The molecule has 27 heavy (non-hydrogen) atoms. The van der Waals surface area contributed by atoms with E-state index >= 15 is 0 Å². The minimum atomic E-state index is -0.293. The molecule has 0 amide bonds. The van der Waals surface area contributed by atoms with Crippen LogP contribution in [0.5, 0.6) is 0 Å². The molecular formula is C22H21NO4. The first kappa shape index (κ1) is 16.4. The number of anilines is 2. The molecule has 0 spiro atoms. The molecule has 2 aromatic carbocycles. The maximum absolute atomic E-state index is 12.8. The molecule has 5 rings (SSSR count). The van der Waals surface area contributed by atoms with Crippen molar-refractivity contribution in [3.8, 4) is 0 Å². The first-order chi connectivity index (χ1) is 13.2. The molecule has 2 saturated carbocycles. The van der Waals surface area contributed by atoms with Crippen LogP contribution in [0.4, 0.5) is 11.4 Å². The number of esters is 2. The van der Waals surface area contributed by atoms with E-state index in [0.717, 1.165) is 24.2 Å². The number of hydrogen-bond acceptors (Lipinski definition) is 5. The summed E-state index contributed by atoms with van der Waals surface area (Å²) in [7, 11) is 0. The van der Waals surface area contributed by atoms with Gasteiger partial charge in [-0.15, -0.1) is 0 Å². The van der Waals surface area contributed by atoms with Gasteiger partial charge in [-0.2, -0.15) is 0 Å². The van der Waals surface area contributed by atoms with E-state index < -0.39 is 0 Å². The number of carbonyl (C=O) groups is 2. The fourth-order valence-corrected chi connectivity index (χ4v) is 4.93. The van der Waals surface area contributed by atoms with Crippen LogP contribution >= 0.6 is 0 Å². The van der Waals surface area contributed by atoms with Gasteiger partial charge in [-0.3, -0.25) is 9.59 Å². The largest absolute Gasteiger partial charge is 0.458 e. The van der Waals surface area contributed by atoms with Gasteiger partial charge in [0.1, 0.15) is 18.8 Å². The highest BCUT2D eigenvalue weighted by Crippen LogP contribution is 2.55. The Balaban J connectivity index is 1.33. The van der Waals surface area contributed by atoms with E-state index in [1.165, 1.54) is 0 Å². The number of benzene rings is 2. The topological polar surface area (TPSA) is 55.8 Å². The van der Waals surface area contributed by atoms with Gasteiger partial charge in [-0.25, -0.2) is 0 Å². The van der Waals surface area contributed by atoms with E-state index in [4.69, 9.17) is 9.47 Å². The lowest BCUT2D eigenvalue weighted by molar-refractivity contribution is -0.160. The van der Waals surface area contributed by atoms with Crippen LogP contribution < -0.4 is 4.90 Å². The van der Waals surface area contributed by atoms with Crippen LogP contribution in [0.2, 0.25) is 0 Å². The molecular weight excluding hydrogens is 342 g/mol. The van der Waals surface area contributed by atoms with Gasteiger partial charge >= 0.3 is 11.9 Å². The predicted octanol–water partition coefficient (Wildman–Crippen LogP) is 3.32. The van der Waals surface area contributed by atoms with Crippen molar-refractivity contribution in [3.63, 3.8) is 0 Å². The van der Waals surface area contributed by atoms with Crippen molar-refractivity contribution in [1.29, 1.82) is 0 Å². The molecule has 0 aromatic heterocycles. The number of ether oxygens (including phenoxy) is 2. The van der Waals surface area contributed by atoms with Gasteiger partial charge in [0, 0.05) is 23.2 Å². The Morgan fingerprint density at radius 2 is 1.63 bits per heavy atom. The molecule has 0 N–H and O–H groups in total. The van der Waals surface area contributed by atoms with Crippen LogP contribution in [0, 0.1) is 17.8 Å². The number of carbonyl (C=O) groups excluding carboxylic acids is 2. The van der Waals surface area contributed by atoms with Crippen LogP contribution in [0.25, 0.3) is 0 Å². The van der Waals surface area contributed by atoms with Crippen molar-refractivity contribution < 1.29 is 19.1 Å². The van der Waals surface area contributed by atoms with Gasteiger partial charge in [-0.1, -0.05) is 36.4 Å². The molecule has 3 fully saturated rings. The number of para-hydroxylation sites is 2. The molecule has 1 heterocycles. The van der Waals surface area contributed by atoms with Crippen LogP contribution in [0.1, 0.15) is 12.8 Å². The number of rotatable bonds is 5. The summed E-state index contributed by atoms with van der Waals surface area (Å²) in [6.45, 7) is 0.117. The maximum atomic E-state index is 12.8. The smallest absolute Gasteiger partial charge is 0.326 e. The summed E-state index contributed by atoms with van der Waals surface area (Å²) < 4.78 is 11.3. The van der Waals surface area contributed by atoms with E-state index in [1.807, 2.05) is 65.6 Å². The van der Waals surface area contributed by atoms with E-state index in [0.29, 0.717) is 0 Å². The van der Waals surface area contributed by atoms with Gasteiger partial charge in [0.05, 0.1) is 5.92 Å². The van der Waals surface area contributed by atoms with Gasteiger partial charge in [0.15, 0.2) is 0 Å². The zero-order valence-electron chi connectivity index (χ0n) is 14.9. The highest BCUT2D eigenvalue weighted by Gasteiger charge is 2.63. The Kier molecular flexibility index (Phi) is 3.88. The standard InChI is InChI=1S/C22H21NO4/c24-19(26-20-14-11-17-18(12-14)22(25)27-21(17)20)13-23(15-7-3-1-4-8-15)16-9-5-2-6-10-16/h1-10,14,17-18,20-21H,11-13H2. The molecule has 1 saturated heterocycles. The third-order valence-electron chi connectivity index (χ3n) is 6.10. The van der Waals surface area contributed by atoms with Crippen LogP contribution in [-0.2, 0) is 19.1 Å². The minimum absolute atomic E-state index is 0.0279. The van der Waals surface area contributed by atoms with Crippen LogP contribution in [-0.4, -0.2) is 30.7 Å². The lowest BCUT2D eigenvalue weighted by Crippen LogP contribution is -2.38. The van der Waals surface area contributed by atoms with E-state index in [2.05, 4.69) is 0 Å². The Bertz CT molecular complexity index is 814. The predicted molar refractivity (Wildman–Crippen MR) is 99.4 cm³/mol. The summed E-state index contributed by atoms with van der Waals surface area (Å²) in [4.78, 5) is 26.6. The monoisotopic (exact) mass is 363 g/mol. The summed E-state index contributed by atoms with van der Waals surface area (Å²) in [5.74, 6) is 0.114. The normalized spacial score (nSPS) is 30.2. The Labute approximate surface area is 157 Å². The van der Waals surface area contributed by atoms with Crippen molar-refractivity contribution in [1.82, 2.24) is 0 Å². The van der Waals surface area contributed by atoms with E-state index in [-0.39, 0.29) is 48.4 Å². The second kappa shape index (κ2) is 6.41. The van der Waals surface area contributed by atoms with Crippen molar-refractivity contribution in [3.05, 3.63) is 60.7 Å². The van der Waals surface area contributed by atoms with Gasteiger partial charge in [0.2, 0.25) is 0 Å². The van der Waals surface area contributed by atoms with Gasteiger partial charge < -0.3 is 14.4 Å².